The maximum Gasteiger partial charge on any atom is 0.224 e. The molecule has 1 amide bonds. The highest BCUT2D eigenvalue weighted by Crippen LogP contribution is 2.11. The van der Waals surface area contributed by atoms with Gasteiger partial charge in [-0.05, 0) is 25.0 Å². The molecule has 1 atom stereocenters. The third-order valence-corrected chi connectivity index (χ3v) is 2.22. The van der Waals surface area contributed by atoms with Crippen LogP contribution < -0.4 is 10.6 Å². The second kappa shape index (κ2) is 6.96. The lowest BCUT2D eigenvalue weighted by Crippen LogP contribution is -2.16. The van der Waals surface area contributed by atoms with E-state index in [1.165, 1.54) is 0 Å². The second-order valence-corrected chi connectivity index (χ2v) is 4.81. The molecular weight excluding hydrogens is 230 g/mol. The van der Waals surface area contributed by atoms with Gasteiger partial charge < -0.3 is 15.7 Å². The zero-order valence-corrected chi connectivity index (χ0v) is 11.1. The lowest BCUT2D eigenvalue weighted by Gasteiger charge is -2.09. The Kier molecular flexibility index (Phi) is 5.58. The summed E-state index contributed by atoms with van der Waals surface area (Å²) in [5.74, 6) is 1.01. The van der Waals surface area contributed by atoms with Crippen molar-refractivity contribution < 1.29 is 9.90 Å². The molecule has 0 aliphatic rings. The quantitative estimate of drug-likeness (QED) is 0.721. The molecule has 0 aliphatic heterocycles. The molecule has 1 rings (SSSR count). The molecule has 100 valence electrons. The van der Waals surface area contributed by atoms with Crippen molar-refractivity contribution in [3.8, 4) is 0 Å². The minimum atomic E-state index is -0.419. The Morgan fingerprint density at radius 3 is 2.61 bits per heavy atom. The number of hydrogen-bond acceptors (Lipinski definition) is 4. The van der Waals surface area contributed by atoms with Gasteiger partial charge in [-0.25, -0.2) is 4.98 Å². The first-order valence-corrected chi connectivity index (χ1v) is 6.15. The molecule has 5 heteroatoms. The Hall–Kier alpha value is -1.62. The minimum absolute atomic E-state index is 0.00325. The van der Waals surface area contributed by atoms with Gasteiger partial charge in [0.25, 0.3) is 0 Å². The normalized spacial score (nSPS) is 12.3. The number of aliphatic hydroxyl groups is 1. The second-order valence-electron chi connectivity index (χ2n) is 4.81. The van der Waals surface area contributed by atoms with Crippen LogP contribution >= 0.6 is 0 Å². The first kappa shape index (κ1) is 14.4. The predicted molar refractivity (Wildman–Crippen MR) is 72.5 cm³/mol. The number of nitrogens with zero attached hydrogens (tertiary/aromatic N) is 1. The van der Waals surface area contributed by atoms with Crippen molar-refractivity contribution in [3.63, 3.8) is 0 Å². The van der Waals surface area contributed by atoms with Crippen LogP contribution in [0.5, 0.6) is 0 Å². The standard InChI is InChI=1S/C13H21N3O2/c1-9(2)6-13(18)16-11-4-5-12(15-8-11)14-7-10(3)17/h4-5,8-10,17H,6-7H2,1-3H3,(H,14,15)(H,16,18). The van der Waals surface area contributed by atoms with E-state index in [1.807, 2.05) is 13.8 Å². The molecule has 0 radical (unpaired) electrons. The summed E-state index contributed by atoms with van der Waals surface area (Å²) >= 11 is 0. The third-order valence-electron chi connectivity index (χ3n) is 2.22. The Morgan fingerprint density at radius 2 is 2.11 bits per heavy atom. The topological polar surface area (TPSA) is 74.2 Å². The van der Waals surface area contributed by atoms with Crippen LogP contribution in [-0.2, 0) is 4.79 Å². The lowest BCUT2D eigenvalue weighted by molar-refractivity contribution is -0.116. The van der Waals surface area contributed by atoms with Gasteiger partial charge in [-0.1, -0.05) is 13.8 Å². The van der Waals surface area contributed by atoms with E-state index in [9.17, 15) is 4.79 Å². The number of anilines is 2. The molecule has 0 saturated heterocycles. The largest absolute Gasteiger partial charge is 0.392 e. The smallest absolute Gasteiger partial charge is 0.224 e. The maximum atomic E-state index is 11.5. The van der Waals surface area contributed by atoms with Crippen LogP contribution in [0.4, 0.5) is 11.5 Å². The molecule has 1 aromatic rings. The number of carbonyl (C=O) groups is 1. The number of hydrogen-bond donors (Lipinski definition) is 3. The molecule has 0 spiro atoms. The van der Waals surface area contributed by atoms with E-state index in [4.69, 9.17) is 5.11 Å². The third kappa shape index (κ3) is 5.63. The van der Waals surface area contributed by atoms with Gasteiger partial charge in [0, 0.05) is 13.0 Å². The van der Waals surface area contributed by atoms with Crippen molar-refractivity contribution >= 4 is 17.4 Å². The van der Waals surface area contributed by atoms with E-state index < -0.39 is 6.10 Å². The predicted octanol–water partition coefficient (Wildman–Crippen LogP) is 1.86. The number of nitrogens with one attached hydrogen (secondary N) is 2. The number of aromatic nitrogens is 1. The summed E-state index contributed by atoms with van der Waals surface area (Å²) in [6.45, 7) is 6.15. The zero-order chi connectivity index (χ0) is 13.5. The molecule has 0 aliphatic carbocycles. The molecule has 1 aromatic heterocycles. The van der Waals surface area contributed by atoms with Crippen molar-refractivity contribution in [2.45, 2.75) is 33.3 Å². The molecule has 3 N–H and O–H groups in total. The summed E-state index contributed by atoms with van der Waals surface area (Å²) in [4.78, 5) is 15.7. The van der Waals surface area contributed by atoms with Crippen LogP contribution in [-0.4, -0.2) is 28.6 Å². The number of pyridine rings is 1. The fraction of sp³-hybridized carbons (Fsp3) is 0.538. The van der Waals surface area contributed by atoms with Crippen LogP contribution in [0.3, 0.4) is 0 Å². The van der Waals surface area contributed by atoms with Crippen molar-refractivity contribution in [1.29, 1.82) is 0 Å². The van der Waals surface area contributed by atoms with Crippen molar-refractivity contribution in [1.82, 2.24) is 4.98 Å². The Labute approximate surface area is 108 Å². The number of aliphatic hydroxyl groups excluding tert-OH is 1. The van der Waals surface area contributed by atoms with Gasteiger partial charge in [0.1, 0.15) is 5.82 Å². The number of rotatable bonds is 6. The van der Waals surface area contributed by atoms with Gasteiger partial charge in [-0.2, -0.15) is 0 Å². The van der Waals surface area contributed by atoms with Gasteiger partial charge in [0.05, 0.1) is 18.0 Å². The summed E-state index contributed by atoms with van der Waals surface area (Å²) in [6.07, 6.45) is 1.68. The first-order chi connectivity index (χ1) is 8.47. The Balaban J connectivity index is 2.47. The van der Waals surface area contributed by atoms with E-state index in [-0.39, 0.29) is 5.91 Å². The van der Waals surface area contributed by atoms with Gasteiger partial charge in [0.15, 0.2) is 0 Å². The molecule has 0 saturated carbocycles. The first-order valence-electron chi connectivity index (χ1n) is 6.15. The van der Waals surface area contributed by atoms with Gasteiger partial charge >= 0.3 is 0 Å². The minimum Gasteiger partial charge on any atom is -0.392 e. The van der Waals surface area contributed by atoms with E-state index in [0.29, 0.717) is 30.4 Å². The van der Waals surface area contributed by atoms with Crippen molar-refractivity contribution in [3.05, 3.63) is 18.3 Å². The zero-order valence-electron chi connectivity index (χ0n) is 11.1. The highest BCUT2D eigenvalue weighted by atomic mass is 16.3. The summed E-state index contributed by atoms with van der Waals surface area (Å²) in [5.41, 5.74) is 0.684. The van der Waals surface area contributed by atoms with E-state index in [2.05, 4.69) is 15.6 Å². The molecule has 0 bridgehead atoms. The highest BCUT2D eigenvalue weighted by molar-refractivity contribution is 5.90. The molecule has 1 heterocycles. The maximum absolute atomic E-state index is 11.5. The fourth-order valence-corrected chi connectivity index (χ4v) is 1.41. The molecule has 18 heavy (non-hydrogen) atoms. The Bertz CT molecular complexity index is 374. The molecular formula is C13H21N3O2. The van der Waals surface area contributed by atoms with Crippen molar-refractivity contribution in [2.24, 2.45) is 5.92 Å². The van der Waals surface area contributed by atoms with E-state index in [1.54, 1.807) is 25.3 Å². The van der Waals surface area contributed by atoms with Gasteiger partial charge in [-0.15, -0.1) is 0 Å². The average Bonchev–Trinajstić information content (AvgIpc) is 2.26. The van der Waals surface area contributed by atoms with Crippen LogP contribution in [0.15, 0.2) is 18.3 Å². The number of amides is 1. The SMILES string of the molecule is CC(C)CC(=O)Nc1ccc(NCC(C)O)nc1. The monoisotopic (exact) mass is 251 g/mol. The van der Waals surface area contributed by atoms with Gasteiger partial charge in [0.2, 0.25) is 5.91 Å². The Morgan fingerprint density at radius 1 is 1.39 bits per heavy atom. The van der Waals surface area contributed by atoms with E-state index >= 15 is 0 Å². The average molecular weight is 251 g/mol. The summed E-state index contributed by atoms with van der Waals surface area (Å²) in [5, 5.41) is 14.9. The van der Waals surface area contributed by atoms with Gasteiger partial charge in [-0.3, -0.25) is 4.79 Å². The van der Waals surface area contributed by atoms with Crippen LogP contribution in [0.25, 0.3) is 0 Å². The summed E-state index contributed by atoms with van der Waals surface area (Å²) < 4.78 is 0. The van der Waals surface area contributed by atoms with E-state index in [0.717, 1.165) is 0 Å². The lowest BCUT2D eigenvalue weighted by atomic mass is 10.1. The van der Waals surface area contributed by atoms with Crippen molar-refractivity contribution in [2.75, 3.05) is 17.2 Å². The van der Waals surface area contributed by atoms with Crippen LogP contribution in [0.1, 0.15) is 27.2 Å². The van der Waals surface area contributed by atoms with Crippen LogP contribution in [0, 0.1) is 5.92 Å². The molecule has 1 unspecified atom stereocenters. The molecule has 5 nitrogen and oxygen atoms in total. The summed E-state index contributed by atoms with van der Waals surface area (Å²) in [7, 11) is 0. The summed E-state index contributed by atoms with van der Waals surface area (Å²) in [6, 6.07) is 3.56. The molecule has 0 aromatic carbocycles. The fourth-order valence-electron chi connectivity index (χ4n) is 1.41. The van der Waals surface area contributed by atoms with Crippen LogP contribution in [0.2, 0.25) is 0 Å². The number of carbonyl (C=O) groups excluding carboxylic acids is 1. The molecule has 0 fully saturated rings. The highest BCUT2D eigenvalue weighted by Gasteiger charge is 2.05.